The van der Waals surface area contributed by atoms with E-state index in [1.165, 1.54) is 12.3 Å². The average molecular weight is 334 g/mol. The minimum absolute atomic E-state index is 0.125. The number of rotatable bonds is 1. The van der Waals surface area contributed by atoms with E-state index in [1.54, 1.807) is 6.07 Å². The SMILES string of the molecule is CC(C)(C)c1cc2c(=O)c(-c3cc4ccccc4o3)coc2cc1O. The molecule has 0 saturated heterocycles. The van der Waals surface area contributed by atoms with Gasteiger partial charge in [-0.1, -0.05) is 39.0 Å². The van der Waals surface area contributed by atoms with E-state index in [9.17, 15) is 9.90 Å². The van der Waals surface area contributed by atoms with Gasteiger partial charge in [-0.25, -0.2) is 0 Å². The second-order valence-electron chi connectivity index (χ2n) is 7.24. The summed E-state index contributed by atoms with van der Waals surface area (Å²) < 4.78 is 11.4. The van der Waals surface area contributed by atoms with E-state index in [4.69, 9.17) is 8.83 Å². The first kappa shape index (κ1) is 15.5. The molecule has 1 N–H and O–H groups in total. The van der Waals surface area contributed by atoms with Gasteiger partial charge in [0.05, 0.1) is 5.39 Å². The third-order valence-corrected chi connectivity index (χ3v) is 4.39. The summed E-state index contributed by atoms with van der Waals surface area (Å²) in [7, 11) is 0. The number of benzene rings is 2. The number of fused-ring (bicyclic) bond motifs is 2. The van der Waals surface area contributed by atoms with Crippen LogP contribution in [0.3, 0.4) is 0 Å². The van der Waals surface area contributed by atoms with E-state index < -0.39 is 0 Å². The van der Waals surface area contributed by atoms with Gasteiger partial charge >= 0.3 is 0 Å². The van der Waals surface area contributed by atoms with E-state index >= 15 is 0 Å². The molecule has 0 unspecified atom stereocenters. The van der Waals surface area contributed by atoms with Crippen LogP contribution in [-0.2, 0) is 5.41 Å². The molecule has 0 saturated carbocycles. The van der Waals surface area contributed by atoms with Crippen LogP contribution in [0.15, 0.2) is 62.4 Å². The molecule has 2 aromatic carbocycles. The standard InChI is InChI=1S/C21H18O4/c1-21(2,3)15-9-13-18(10-16(15)22)24-11-14(20(13)23)19-8-12-6-4-5-7-17(12)25-19/h4-11,22H,1-3H3. The van der Waals surface area contributed by atoms with Crippen LogP contribution in [0.5, 0.6) is 5.75 Å². The molecular weight excluding hydrogens is 316 g/mol. The fourth-order valence-corrected chi connectivity index (χ4v) is 3.05. The Labute approximate surface area is 144 Å². The first-order chi connectivity index (χ1) is 11.8. The van der Waals surface area contributed by atoms with Gasteiger partial charge in [-0.05, 0) is 23.6 Å². The smallest absolute Gasteiger partial charge is 0.203 e. The first-order valence-corrected chi connectivity index (χ1v) is 8.12. The van der Waals surface area contributed by atoms with E-state index in [0.29, 0.717) is 27.9 Å². The summed E-state index contributed by atoms with van der Waals surface area (Å²) in [5.74, 6) is 0.599. The summed E-state index contributed by atoms with van der Waals surface area (Å²) in [5, 5.41) is 11.6. The molecule has 0 aliphatic carbocycles. The zero-order chi connectivity index (χ0) is 17.8. The highest BCUT2D eigenvalue weighted by atomic mass is 16.3. The number of phenols is 1. The summed E-state index contributed by atoms with van der Waals surface area (Å²) in [5.41, 5.74) is 1.68. The first-order valence-electron chi connectivity index (χ1n) is 8.12. The third kappa shape index (κ3) is 2.50. The Morgan fingerprint density at radius 2 is 1.76 bits per heavy atom. The molecule has 0 aliphatic rings. The molecule has 4 rings (SSSR count). The maximum atomic E-state index is 13.0. The van der Waals surface area contributed by atoms with E-state index in [0.717, 1.165) is 11.0 Å². The predicted octanol–water partition coefficient (Wildman–Crippen LogP) is 5.21. The molecule has 2 heterocycles. The normalized spacial score (nSPS) is 12.1. The minimum Gasteiger partial charge on any atom is -0.508 e. The number of furan rings is 1. The average Bonchev–Trinajstić information content (AvgIpc) is 2.97. The Morgan fingerprint density at radius 3 is 2.48 bits per heavy atom. The summed E-state index contributed by atoms with van der Waals surface area (Å²) in [6.45, 7) is 5.95. The molecule has 126 valence electrons. The Kier molecular flexibility index (Phi) is 3.25. The molecule has 4 aromatic rings. The molecular formula is C21H18O4. The maximum absolute atomic E-state index is 13.0. The molecule has 4 nitrogen and oxygen atoms in total. The molecule has 0 bridgehead atoms. The Morgan fingerprint density at radius 1 is 1.00 bits per heavy atom. The molecule has 0 aliphatic heterocycles. The van der Waals surface area contributed by atoms with Crippen LogP contribution < -0.4 is 5.43 Å². The van der Waals surface area contributed by atoms with Crippen molar-refractivity contribution in [3.8, 4) is 17.1 Å². The summed E-state index contributed by atoms with van der Waals surface area (Å²) in [6, 6.07) is 12.6. The number of aromatic hydroxyl groups is 1. The molecule has 0 amide bonds. The molecule has 0 atom stereocenters. The topological polar surface area (TPSA) is 63.6 Å². The van der Waals surface area contributed by atoms with Crippen molar-refractivity contribution in [1.29, 1.82) is 0 Å². The van der Waals surface area contributed by atoms with Crippen LogP contribution in [0.1, 0.15) is 26.3 Å². The zero-order valence-electron chi connectivity index (χ0n) is 14.3. The van der Waals surface area contributed by atoms with E-state index in [2.05, 4.69) is 0 Å². The van der Waals surface area contributed by atoms with Crippen molar-refractivity contribution in [3.63, 3.8) is 0 Å². The van der Waals surface area contributed by atoms with Gasteiger partial charge in [-0.2, -0.15) is 0 Å². The van der Waals surface area contributed by atoms with Crippen LogP contribution in [0.2, 0.25) is 0 Å². The summed E-state index contributed by atoms with van der Waals surface area (Å²) >= 11 is 0. The van der Waals surface area contributed by atoms with Gasteiger partial charge < -0.3 is 13.9 Å². The third-order valence-electron chi connectivity index (χ3n) is 4.39. The van der Waals surface area contributed by atoms with Crippen molar-refractivity contribution >= 4 is 21.9 Å². The second-order valence-corrected chi connectivity index (χ2v) is 7.24. The highest BCUT2D eigenvalue weighted by molar-refractivity contribution is 5.86. The lowest BCUT2D eigenvalue weighted by Crippen LogP contribution is -2.13. The fourth-order valence-electron chi connectivity index (χ4n) is 3.05. The van der Waals surface area contributed by atoms with Crippen molar-refractivity contribution in [2.45, 2.75) is 26.2 Å². The van der Waals surface area contributed by atoms with E-state index in [-0.39, 0.29) is 16.6 Å². The molecule has 25 heavy (non-hydrogen) atoms. The second kappa shape index (κ2) is 5.24. The van der Waals surface area contributed by atoms with Gasteiger partial charge in [0, 0.05) is 17.0 Å². The van der Waals surface area contributed by atoms with Crippen LogP contribution in [0.25, 0.3) is 33.3 Å². The van der Waals surface area contributed by atoms with Gasteiger partial charge in [-0.3, -0.25) is 4.79 Å². The highest BCUT2D eigenvalue weighted by Crippen LogP contribution is 2.34. The maximum Gasteiger partial charge on any atom is 0.203 e. The molecule has 0 fully saturated rings. The van der Waals surface area contributed by atoms with Gasteiger partial charge in [0.2, 0.25) is 5.43 Å². The summed E-state index contributed by atoms with van der Waals surface area (Å²) in [6.07, 6.45) is 1.39. The van der Waals surface area contributed by atoms with Crippen molar-refractivity contribution in [1.82, 2.24) is 0 Å². The summed E-state index contributed by atoms with van der Waals surface area (Å²) in [4.78, 5) is 13.0. The van der Waals surface area contributed by atoms with Crippen LogP contribution in [-0.4, -0.2) is 5.11 Å². The van der Waals surface area contributed by atoms with Gasteiger partial charge in [0.15, 0.2) is 0 Å². The van der Waals surface area contributed by atoms with Gasteiger partial charge in [-0.15, -0.1) is 0 Å². The van der Waals surface area contributed by atoms with Gasteiger partial charge in [0.1, 0.15) is 34.5 Å². The fraction of sp³-hybridized carbons (Fsp3) is 0.190. The largest absolute Gasteiger partial charge is 0.508 e. The van der Waals surface area contributed by atoms with Crippen LogP contribution in [0.4, 0.5) is 0 Å². The monoisotopic (exact) mass is 334 g/mol. The Hall–Kier alpha value is -3.01. The molecule has 0 spiro atoms. The highest BCUT2D eigenvalue weighted by Gasteiger charge is 2.21. The van der Waals surface area contributed by atoms with Crippen molar-refractivity contribution in [2.24, 2.45) is 0 Å². The quantitative estimate of drug-likeness (QED) is 0.519. The van der Waals surface area contributed by atoms with E-state index in [1.807, 2.05) is 51.1 Å². The van der Waals surface area contributed by atoms with Crippen LogP contribution in [0, 0.1) is 0 Å². The number of phenolic OH excluding ortho intramolecular Hbond substituents is 1. The lowest BCUT2D eigenvalue weighted by molar-refractivity contribution is 0.446. The number of hydrogen-bond acceptors (Lipinski definition) is 4. The lowest BCUT2D eigenvalue weighted by atomic mass is 9.85. The van der Waals surface area contributed by atoms with Crippen molar-refractivity contribution in [3.05, 3.63) is 64.5 Å². The van der Waals surface area contributed by atoms with Crippen molar-refractivity contribution < 1.29 is 13.9 Å². The number of hydrogen-bond donors (Lipinski definition) is 1. The molecule has 2 aromatic heterocycles. The van der Waals surface area contributed by atoms with Crippen molar-refractivity contribution in [2.75, 3.05) is 0 Å². The Balaban J connectivity index is 1.98. The molecule has 0 radical (unpaired) electrons. The van der Waals surface area contributed by atoms with Gasteiger partial charge in [0.25, 0.3) is 0 Å². The minimum atomic E-state index is -0.292. The number of para-hydroxylation sites is 1. The Bertz CT molecular complexity index is 1120. The van der Waals surface area contributed by atoms with Crippen LogP contribution >= 0.6 is 0 Å². The lowest BCUT2D eigenvalue weighted by Gasteiger charge is -2.20. The zero-order valence-corrected chi connectivity index (χ0v) is 14.3. The molecule has 4 heteroatoms. The predicted molar refractivity (Wildman–Crippen MR) is 98.1 cm³/mol.